The van der Waals surface area contributed by atoms with Gasteiger partial charge < -0.3 is 5.32 Å². The van der Waals surface area contributed by atoms with E-state index in [1.807, 2.05) is 0 Å². The van der Waals surface area contributed by atoms with Crippen molar-refractivity contribution in [3.8, 4) is 0 Å². The summed E-state index contributed by atoms with van der Waals surface area (Å²) in [5.41, 5.74) is -0.718. The third kappa shape index (κ3) is 2.57. The second-order valence-electron chi connectivity index (χ2n) is 5.20. The highest BCUT2D eigenvalue weighted by Gasteiger charge is 2.40. The number of alkyl halides is 3. The zero-order chi connectivity index (χ0) is 14.3. The molecular formula is C12H17F3N4S. The molecule has 8 heteroatoms. The van der Waals surface area contributed by atoms with Crippen LogP contribution < -0.4 is 5.32 Å². The molecule has 1 N–H and O–H groups in total. The number of fused-ring (bicyclic) bond motifs is 3. The molecule has 0 amide bonds. The predicted molar refractivity (Wildman–Crippen MR) is 70.6 cm³/mol. The van der Waals surface area contributed by atoms with Gasteiger partial charge in [-0.1, -0.05) is 0 Å². The highest BCUT2D eigenvalue weighted by Crippen LogP contribution is 2.38. The standard InChI is InChI=1S/C12H17F3N4S/c1-16-6-9-10(12(13,14)15)17-11(20-9)8-7-18-2-4-19(8)5-3-18/h8,16H,2-7H2,1H3. The molecule has 1 atom stereocenters. The Hall–Kier alpha value is -0.700. The summed E-state index contributed by atoms with van der Waals surface area (Å²) in [7, 11) is 1.65. The number of nitrogens with one attached hydrogen (secondary N) is 1. The third-order valence-electron chi connectivity index (χ3n) is 3.88. The van der Waals surface area contributed by atoms with Crippen LogP contribution in [-0.2, 0) is 12.7 Å². The first-order valence-corrected chi connectivity index (χ1v) is 7.48. The molecule has 4 nitrogen and oxygen atoms in total. The van der Waals surface area contributed by atoms with Gasteiger partial charge in [0.25, 0.3) is 0 Å². The van der Waals surface area contributed by atoms with Gasteiger partial charge in [0, 0.05) is 39.3 Å². The zero-order valence-electron chi connectivity index (χ0n) is 11.2. The average Bonchev–Trinajstić information content (AvgIpc) is 2.84. The molecule has 3 fully saturated rings. The zero-order valence-corrected chi connectivity index (χ0v) is 12.0. The number of aromatic nitrogens is 1. The van der Waals surface area contributed by atoms with Gasteiger partial charge >= 0.3 is 6.18 Å². The quantitative estimate of drug-likeness (QED) is 0.918. The van der Waals surface area contributed by atoms with E-state index in [0.717, 1.165) is 32.7 Å². The van der Waals surface area contributed by atoms with Gasteiger partial charge in [0.05, 0.1) is 10.9 Å². The van der Waals surface area contributed by atoms with Crippen molar-refractivity contribution in [1.82, 2.24) is 20.1 Å². The Labute approximate surface area is 119 Å². The third-order valence-corrected chi connectivity index (χ3v) is 5.04. The smallest absolute Gasteiger partial charge is 0.315 e. The lowest BCUT2D eigenvalue weighted by Crippen LogP contribution is -2.56. The molecule has 112 valence electrons. The lowest BCUT2D eigenvalue weighted by Gasteiger charge is -2.46. The first-order valence-electron chi connectivity index (χ1n) is 6.67. The van der Waals surface area contributed by atoms with Gasteiger partial charge in [-0.15, -0.1) is 11.3 Å². The molecule has 1 aromatic heterocycles. The van der Waals surface area contributed by atoms with Crippen molar-refractivity contribution < 1.29 is 13.2 Å². The van der Waals surface area contributed by atoms with Crippen LogP contribution in [0.1, 0.15) is 21.6 Å². The van der Waals surface area contributed by atoms with E-state index in [0.29, 0.717) is 5.01 Å². The molecule has 4 rings (SSSR count). The van der Waals surface area contributed by atoms with Crippen molar-refractivity contribution in [2.45, 2.75) is 18.8 Å². The van der Waals surface area contributed by atoms with Crippen LogP contribution in [0.2, 0.25) is 0 Å². The Bertz CT molecular complexity index is 480. The van der Waals surface area contributed by atoms with E-state index in [2.05, 4.69) is 20.1 Å². The Kier molecular flexibility index (Phi) is 3.74. The molecule has 1 aromatic rings. The number of hydrogen-bond donors (Lipinski definition) is 1. The second kappa shape index (κ2) is 5.25. The van der Waals surface area contributed by atoms with Crippen LogP contribution in [0.15, 0.2) is 0 Å². The van der Waals surface area contributed by atoms with Crippen LogP contribution in [-0.4, -0.2) is 54.6 Å². The molecule has 1 unspecified atom stereocenters. The number of halogens is 3. The first-order chi connectivity index (χ1) is 9.49. The fourth-order valence-corrected chi connectivity index (χ4v) is 4.09. The number of rotatable bonds is 3. The Balaban J connectivity index is 1.90. The van der Waals surface area contributed by atoms with Crippen LogP contribution in [0.4, 0.5) is 13.2 Å². The molecule has 0 aromatic carbocycles. The summed E-state index contributed by atoms with van der Waals surface area (Å²) in [4.78, 5) is 8.77. The van der Waals surface area contributed by atoms with Gasteiger partial charge in [-0.05, 0) is 7.05 Å². The van der Waals surface area contributed by atoms with Crippen molar-refractivity contribution in [3.05, 3.63) is 15.6 Å². The molecule has 3 saturated heterocycles. The molecule has 2 bridgehead atoms. The maximum Gasteiger partial charge on any atom is 0.434 e. The number of piperazine rings is 3. The SMILES string of the molecule is CNCc1sc(C2CN3CCN2CC3)nc1C(F)(F)F. The van der Waals surface area contributed by atoms with Gasteiger partial charge in [0.1, 0.15) is 5.01 Å². The van der Waals surface area contributed by atoms with E-state index in [4.69, 9.17) is 0 Å². The second-order valence-corrected chi connectivity index (χ2v) is 6.32. The van der Waals surface area contributed by atoms with E-state index in [-0.39, 0.29) is 17.5 Å². The lowest BCUT2D eigenvalue weighted by atomic mass is 10.1. The predicted octanol–water partition coefficient (Wildman–Crippen LogP) is 1.55. The molecule has 3 aliphatic heterocycles. The summed E-state index contributed by atoms with van der Waals surface area (Å²) in [6.45, 7) is 4.88. The molecule has 0 radical (unpaired) electrons. The van der Waals surface area contributed by atoms with E-state index in [1.54, 1.807) is 7.05 Å². The van der Waals surface area contributed by atoms with E-state index in [1.165, 1.54) is 11.3 Å². The molecular weight excluding hydrogens is 289 g/mol. The highest BCUT2D eigenvalue weighted by molar-refractivity contribution is 7.11. The topological polar surface area (TPSA) is 31.4 Å². The lowest BCUT2D eigenvalue weighted by molar-refractivity contribution is -0.141. The van der Waals surface area contributed by atoms with Gasteiger partial charge in [0.15, 0.2) is 5.69 Å². The van der Waals surface area contributed by atoms with Crippen molar-refractivity contribution >= 4 is 11.3 Å². The first kappa shape index (κ1) is 14.2. The van der Waals surface area contributed by atoms with Gasteiger partial charge in [-0.2, -0.15) is 13.2 Å². The summed E-state index contributed by atoms with van der Waals surface area (Å²) in [5.74, 6) is 0. The molecule has 0 aliphatic carbocycles. The maximum absolute atomic E-state index is 13.0. The summed E-state index contributed by atoms with van der Waals surface area (Å²) >= 11 is 1.20. The minimum absolute atomic E-state index is 0.0224. The Morgan fingerprint density at radius 2 is 2.00 bits per heavy atom. The van der Waals surface area contributed by atoms with E-state index in [9.17, 15) is 13.2 Å². The summed E-state index contributed by atoms with van der Waals surface area (Å²) in [6.07, 6.45) is -4.37. The van der Waals surface area contributed by atoms with E-state index < -0.39 is 11.9 Å². The van der Waals surface area contributed by atoms with Crippen LogP contribution in [0, 0.1) is 0 Å². The molecule has 0 spiro atoms. The van der Waals surface area contributed by atoms with E-state index >= 15 is 0 Å². The molecule has 3 aliphatic rings. The van der Waals surface area contributed by atoms with Gasteiger partial charge in [-0.25, -0.2) is 4.98 Å². The fourth-order valence-electron chi connectivity index (χ4n) is 2.87. The highest BCUT2D eigenvalue weighted by atomic mass is 32.1. The fraction of sp³-hybridized carbons (Fsp3) is 0.750. The minimum Gasteiger partial charge on any atom is -0.315 e. The summed E-state index contributed by atoms with van der Waals surface area (Å²) < 4.78 is 39.1. The average molecular weight is 306 g/mol. The minimum atomic E-state index is -4.37. The van der Waals surface area contributed by atoms with Crippen LogP contribution >= 0.6 is 11.3 Å². The molecule has 0 saturated carbocycles. The van der Waals surface area contributed by atoms with Crippen molar-refractivity contribution in [1.29, 1.82) is 0 Å². The van der Waals surface area contributed by atoms with Gasteiger partial charge in [-0.3, -0.25) is 9.80 Å². The summed E-state index contributed by atoms with van der Waals surface area (Å²) in [6, 6.07) is 0.0224. The van der Waals surface area contributed by atoms with Crippen molar-refractivity contribution in [2.24, 2.45) is 0 Å². The van der Waals surface area contributed by atoms with Crippen LogP contribution in [0.3, 0.4) is 0 Å². The van der Waals surface area contributed by atoms with Crippen LogP contribution in [0.25, 0.3) is 0 Å². The molecule has 20 heavy (non-hydrogen) atoms. The van der Waals surface area contributed by atoms with Crippen molar-refractivity contribution in [3.63, 3.8) is 0 Å². The summed E-state index contributed by atoms with van der Waals surface area (Å²) in [5, 5.41) is 3.40. The molecule has 4 heterocycles. The van der Waals surface area contributed by atoms with Gasteiger partial charge in [0.2, 0.25) is 0 Å². The maximum atomic E-state index is 13.0. The Morgan fingerprint density at radius 3 is 2.50 bits per heavy atom. The largest absolute Gasteiger partial charge is 0.434 e. The Morgan fingerprint density at radius 1 is 1.30 bits per heavy atom. The number of hydrogen-bond acceptors (Lipinski definition) is 5. The normalized spacial score (nSPS) is 29.9. The van der Waals surface area contributed by atoms with Crippen molar-refractivity contribution in [2.75, 3.05) is 39.8 Å². The number of nitrogens with zero attached hydrogens (tertiary/aromatic N) is 3. The monoisotopic (exact) mass is 306 g/mol. The number of thiazole rings is 1. The van der Waals surface area contributed by atoms with Crippen LogP contribution in [0.5, 0.6) is 0 Å².